The number of aliphatic hydroxyl groups excluding tert-OH is 4. The fraction of sp³-hybridized carbons (Fsp3) is 0.355. The van der Waals surface area contributed by atoms with Crippen LogP contribution in [-0.4, -0.2) is 161 Å². The maximum Gasteiger partial charge on any atom is 1.00 e. The average Bonchev–Trinajstić information content (AvgIpc) is 3.16. The largest absolute Gasteiger partial charge is 1.00 e. The summed E-state index contributed by atoms with van der Waals surface area (Å²) in [6.45, 7) is -1.61. The van der Waals surface area contributed by atoms with Gasteiger partial charge in [0.15, 0.2) is 0 Å². The number of aromatic nitrogens is 6. The first-order valence-electron chi connectivity index (χ1n) is 17.0. The van der Waals surface area contributed by atoms with Crippen LogP contribution in [-0.2, 0) is 30.4 Å². The molecule has 29 heteroatoms. The molecule has 0 amide bonds. The number of nitrogens with one attached hydrogen (secondary N) is 3. The number of rotatable bonds is 23. The van der Waals surface area contributed by atoms with Crippen molar-refractivity contribution in [1.82, 2.24) is 29.9 Å². The van der Waals surface area contributed by atoms with Crippen molar-refractivity contribution in [3.63, 3.8) is 0 Å². The zero-order valence-electron chi connectivity index (χ0n) is 33.0. The molecule has 0 bridgehead atoms. The number of aliphatic hydroxyl groups is 4. The van der Waals surface area contributed by atoms with Crippen molar-refractivity contribution in [3.05, 3.63) is 47.5 Å². The van der Waals surface area contributed by atoms with Gasteiger partial charge in [0.05, 0.1) is 39.3 Å². The number of benzene rings is 2. The third kappa shape index (κ3) is 14.9. The van der Waals surface area contributed by atoms with Gasteiger partial charge in [-0.1, -0.05) is 24.3 Å². The van der Waals surface area contributed by atoms with Gasteiger partial charge in [0, 0.05) is 44.1 Å². The quantitative estimate of drug-likeness (QED) is 0.0194. The first kappa shape index (κ1) is 49.9. The summed E-state index contributed by atoms with van der Waals surface area (Å²) < 4.78 is 107. The van der Waals surface area contributed by atoms with E-state index in [0.29, 0.717) is 0 Å². The van der Waals surface area contributed by atoms with Gasteiger partial charge >= 0.3 is 35.6 Å². The number of methoxy groups -OCH3 is 1. The van der Waals surface area contributed by atoms with Gasteiger partial charge in [-0.2, -0.15) is 55.2 Å². The number of ether oxygens (including phenoxy) is 1. The standard InChI is InChI=1S/C31H41N11O14S3.Na.H/c1-56-31-39-28(38-30(40-31)42(11-15-45)12-16-46)34-23-7-5-21(25(19-23)59(53,54)55)3-2-20-4-6-22(18-24(20)58(50,51)52)33-27-35-26(32-8-17-57(47,48)49)36-29(37-27)41(9-13-43)10-14-44;;/h2-7,18-19,43-46H,8-17H2,1H3,(H,47,48,49)(H,50,51,52)(H,53,54,55)(H,34,38,39,40)(H2,32,33,35,36,37);;/q;+1;-1. The summed E-state index contributed by atoms with van der Waals surface area (Å²) in [6, 6.07) is 7.13. The van der Waals surface area contributed by atoms with E-state index in [2.05, 4.69) is 45.9 Å². The van der Waals surface area contributed by atoms with Crippen molar-refractivity contribution in [1.29, 1.82) is 0 Å². The molecule has 0 saturated heterocycles. The molecule has 0 fully saturated rings. The second-order valence-corrected chi connectivity index (χ2v) is 16.2. The second kappa shape index (κ2) is 22.4. The predicted molar refractivity (Wildman–Crippen MR) is 213 cm³/mol. The molecule has 0 unspecified atom stereocenters. The SMILES string of the molecule is COc1nc(Nc2ccc(C=Cc3ccc(Nc4nc(NCCS(=O)(=O)O)nc(N(CCO)CCO)n4)cc3S(=O)(=O)O)c(S(=O)(=O)O)c2)nc(N(CCO)CCO)n1.[H-].[Na+]. The number of hydrogen-bond donors (Lipinski definition) is 10. The van der Waals surface area contributed by atoms with E-state index < -0.39 is 45.9 Å². The summed E-state index contributed by atoms with van der Waals surface area (Å²) in [5, 5.41) is 45.9. The van der Waals surface area contributed by atoms with Crippen molar-refractivity contribution >= 4 is 83.6 Å². The fourth-order valence-corrected chi connectivity index (χ4v) is 6.84. The van der Waals surface area contributed by atoms with E-state index in [1.54, 1.807) is 0 Å². The summed E-state index contributed by atoms with van der Waals surface area (Å²) in [5.41, 5.74) is -0.195. The number of nitrogens with zero attached hydrogens (tertiary/aromatic N) is 8. The van der Waals surface area contributed by atoms with Crippen LogP contribution in [0.5, 0.6) is 6.01 Å². The molecule has 0 aliphatic rings. The Bertz CT molecular complexity index is 2450. The van der Waals surface area contributed by atoms with Crippen LogP contribution in [0.2, 0.25) is 0 Å². The zero-order chi connectivity index (χ0) is 43.4. The van der Waals surface area contributed by atoms with Crippen molar-refractivity contribution in [3.8, 4) is 6.01 Å². The summed E-state index contributed by atoms with van der Waals surface area (Å²) in [7, 11) is -13.0. The average molecular weight is 912 g/mol. The van der Waals surface area contributed by atoms with Crippen LogP contribution in [0.25, 0.3) is 12.2 Å². The van der Waals surface area contributed by atoms with Gasteiger partial charge in [-0.25, -0.2) is 0 Å². The van der Waals surface area contributed by atoms with E-state index in [-0.39, 0.29) is 148 Å². The summed E-state index contributed by atoms with van der Waals surface area (Å²) >= 11 is 0. The second-order valence-electron chi connectivity index (χ2n) is 11.8. The summed E-state index contributed by atoms with van der Waals surface area (Å²) in [4.78, 5) is 26.4. The molecule has 2 aromatic heterocycles. The van der Waals surface area contributed by atoms with Gasteiger partial charge in [0.1, 0.15) is 9.79 Å². The van der Waals surface area contributed by atoms with Crippen LogP contribution >= 0.6 is 0 Å². The van der Waals surface area contributed by atoms with Crippen LogP contribution in [0.1, 0.15) is 12.6 Å². The Morgan fingerprint density at radius 1 is 0.633 bits per heavy atom. The Morgan fingerprint density at radius 3 is 1.45 bits per heavy atom. The molecule has 0 spiro atoms. The van der Waals surface area contributed by atoms with Crippen LogP contribution in [0, 0.1) is 0 Å². The Labute approximate surface area is 367 Å². The first-order valence-corrected chi connectivity index (χ1v) is 21.5. The molecular weight excluding hydrogens is 870 g/mol. The van der Waals surface area contributed by atoms with Gasteiger partial charge in [-0.05, 0) is 35.4 Å². The Kier molecular flexibility index (Phi) is 18.7. The molecule has 4 aromatic rings. The molecule has 0 radical (unpaired) electrons. The summed E-state index contributed by atoms with van der Waals surface area (Å²) in [6.07, 6.45) is 2.32. The molecule has 0 saturated carbocycles. The molecule has 324 valence electrons. The molecule has 0 aliphatic heterocycles. The van der Waals surface area contributed by atoms with E-state index in [1.807, 2.05) is 0 Å². The van der Waals surface area contributed by atoms with Crippen LogP contribution in [0.15, 0.2) is 46.2 Å². The smallest absolute Gasteiger partial charge is 1.00 e. The third-order valence-electron chi connectivity index (χ3n) is 7.64. The molecule has 2 aromatic carbocycles. The monoisotopic (exact) mass is 911 g/mol. The number of hydrogen-bond acceptors (Lipinski definition) is 22. The first-order chi connectivity index (χ1) is 27.9. The normalized spacial score (nSPS) is 11.9. The van der Waals surface area contributed by atoms with Crippen molar-refractivity contribution in [2.75, 3.05) is 97.8 Å². The van der Waals surface area contributed by atoms with E-state index in [0.717, 1.165) is 24.3 Å². The maximum atomic E-state index is 12.6. The maximum absolute atomic E-state index is 12.6. The molecule has 60 heavy (non-hydrogen) atoms. The van der Waals surface area contributed by atoms with Crippen molar-refractivity contribution in [2.45, 2.75) is 9.79 Å². The van der Waals surface area contributed by atoms with Crippen molar-refractivity contribution < 1.29 is 95.1 Å². The minimum Gasteiger partial charge on any atom is -1.00 e. The Morgan fingerprint density at radius 2 is 1.05 bits per heavy atom. The van der Waals surface area contributed by atoms with Gasteiger partial charge in [0.2, 0.25) is 29.7 Å². The minimum atomic E-state index is -4.97. The van der Waals surface area contributed by atoms with Gasteiger partial charge in [-0.15, -0.1) is 0 Å². The van der Waals surface area contributed by atoms with Crippen molar-refractivity contribution in [2.24, 2.45) is 0 Å². The van der Waals surface area contributed by atoms with Crippen LogP contribution < -0.4 is 60.0 Å². The Hall–Kier alpha value is -4.43. The molecule has 0 aliphatic carbocycles. The predicted octanol–water partition coefficient (Wildman–Crippen LogP) is -3.79. The molecule has 10 N–H and O–H groups in total. The summed E-state index contributed by atoms with van der Waals surface area (Å²) in [5.74, 6) is -1.35. The molecule has 25 nitrogen and oxygen atoms in total. The Balaban J connectivity index is 0.00000641. The number of anilines is 7. The van der Waals surface area contributed by atoms with E-state index in [9.17, 15) is 54.8 Å². The fourth-order valence-electron chi connectivity index (χ4n) is 5.06. The minimum absolute atomic E-state index is 0. The third-order valence-corrected chi connectivity index (χ3v) is 10.2. The van der Waals surface area contributed by atoms with E-state index >= 15 is 0 Å². The zero-order valence-corrected chi connectivity index (χ0v) is 36.4. The van der Waals surface area contributed by atoms with E-state index in [4.69, 9.17) is 9.29 Å². The van der Waals surface area contributed by atoms with Gasteiger partial charge in [0.25, 0.3) is 30.4 Å². The molecule has 4 rings (SSSR count). The van der Waals surface area contributed by atoms with Crippen LogP contribution in [0.4, 0.5) is 41.1 Å². The van der Waals surface area contributed by atoms with Gasteiger partial charge < -0.3 is 52.3 Å². The topological polar surface area (TPSA) is 373 Å². The molecular formula is C31H42N11NaO14S3. The molecule has 0 atom stereocenters. The van der Waals surface area contributed by atoms with E-state index in [1.165, 1.54) is 41.2 Å². The molecule has 2 heterocycles. The van der Waals surface area contributed by atoms with Gasteiger partial charge in [-0.3, -0.25) is 13.7 Å². The van der Waals surface area contributed by atoms with Crippen LogP contribution in [0.3, 0.4) is 0 Å².